The van der Waals surface area contributed by atoms with Crippen LogP contribution in [-0.4, -0.2) is 59.0 Å². The molecule has 27 heavy (non-hydrogen) atoms. The van der Waals surface area contributed by atoms with E-state index in [1.807, 2.05) is 31.2 Å². The van der Waals surface area contributed by atoms with Gasteiger partial charge in [-0.25, -0.2) is 4.98 Å². The Balaban J connectivity index is 1.38. The first kappa shape index (κ1) is 17.7. The van der Waals surface area contributed by atoms with Crippen LogP contribution in [0.1, 0.15) is 25.0 Å². The molecule has 4 rings (SSSR count). The van der Waals surface area contributed by atoms with Crippen LogP contribution in [0.15, 0.2) is 30.3 Å². The molecule has 2 unspecified atom stereocenters. The van der Waals surface area contributed by atoms with E-state index in [0.29, 0.717) is 13.1 Å². The summed E-state index contributed by atoms with van der Waals surface area (Å²) in [6, 6.07) is 12.0. The van der Waals surface area contributed by atoms with E-state index < -0.39 is 0 Å². The van der Waals surface area contributed by atoms with E-state index in [1.54, 1.807) is 4.90 Å². The third-order valence-electron chi connectivity index (χ3n) is 5.43. The van der Waals surface area contributed by atoms with Crippen molar-refractivity contribution in [2.45, 2.75) is 38.3 Å². The van der Waals surface area contributed by atoms with Gasteiger partial charge < -0.3 is 9.64 Å². The second-order valence-corrected chi connectivity index (χ2v) is 7.42. The van der Waals surface area contributed by atoms with Crippen molar-refractivity contribution in [2.24, 2.45) is 0 Å². The third kappa shape index (κ3) is 3.74. The van der Waals surface area contributed by atoms with Crippen molar-refractivity contribution in [3.63, 3.8) is 0 Å². The average Bonchev–Trinajstić information content (AvgIpc) is 3.31. The van der Waals surface area contributed by atoms with E-state index in [9.17, 15) is 10.1 Å². The zero-order chi connectivity index (χ0) is 18.8. The van der Waals surface area contributed by atoms with Crippen molar-refractivity contribution < 1.29 is 9.53 Å². The number of nitriles is 1. The second-order valence-electron chi connectivity index (χ2n) is 7.42. The highest BCUT2D eigenvalue weighted by atomic mass is 16.5. The Morgan fingerprint density at radius 2 is 2.19 bits per heavy atom. The first-order valence-corrected chi connectivity index (χ1v) is 9.58. The number of ether oxygens (including phenoxy) is 1. The lowest BCUT2D eigenvalue weighted by Crippen LogP contribution is -2.42. The number of para-hydroxylation sites is 1. The molecular formula is C21H24N4O2. The van der Waals surface area contributed by atoms with Crippen LogP contribution < -0.4 is 4.74 Å². The number of nitrogens with zero attached hydrogens (tertiary/aromatic N) is 4. The number of carbonyl (C=O) groups is 1. The molecule has 2 atom stereocenters. The SMILES string of the molecule is Cc1ccc2cccc(OC3CCN(CC(=O)N4CCCC4C#N)C3)c2n1. The molecule has 2 fully saturated rings. The number of benzene rings is 1. The molecule has 140 valence electrons. The number of hydrogen-bond donors (Lipinski definition) is 0. The molecule has 2 aromatic rings. The van der Waals surface area contributed by atoms with Gasteiger partial charge in [-0.3, -0.25) is 9.69 Å². The monoisotopic (exact) mass is 364 g/mol. The van der Waals surface area contributed by atoms with Crippen molar-refractivity contribution in [1.82, 2.24) is 14.8 Å². The number of aromatic nitrogens is 1. The van der Waals surface area contributed by atoms with Gasteiger partial charge in [0.15, 0.2) is 0 Å². The fourth-order valence-electron chi connectivity index (χ4n) is 4.01. The summed E-state index contributed by atoms with van der Waals surface area (Å²) in [4.78, 5) is 21.0. The van der Waals surface area contributed by atoms with Gasteiger partial charge >= 0.3 is 0 Å². The van der Waals surface area contributed by atoms with Crippen molar-refractivity contribution in [2.75, 3.05) is 26.2 Å². The summed E-state index contributed by atoms with van der Waals surface area (Å²) in [6.45, 7) is 4.60. The van der Waals surface area contributed by atoms with Crippen LogP contribution in [0.25, 0.3) is 10.9 Å². The van der Waals surface area contributed by atoms with Crippen LogP contribution in [0, 0.1) is 18.3 Å². The zero-order valence-corrected chi connectivity index (χ0v) is 15.6. The number of fused-ring (bicyclic) bond motifs is 1. The fraction of sp³-hybridized carbons (Fsp3) is 0.476. The molecule has 3 heterocycles. The van der Waals surface area contributed by atoms with Gasteiger partial charge in [-0.1, -0.05) is 18.2 Å². The normalized spacial score (nSPS) is 22.9. The van der Waals surface area contributed by atoms with E-state index in [4.69, 9.17) is 4.74 Å². The molecule has 0 aliphatic carbocycles. The van der Waals surface area contributed by atoms with Crippen molar-refractivity contribution in [1.29, 1.82) is 5.26 Å². The molecular weight excluding hydrogens is 340 g/mol. The molecule has 0 saturated carbocycles. The standard InChI is InChI=1S/C21H24N4O2/c1-15-7-8-16-4-2-6-19(21(16)23-15)27-18-9-11-24(13-18)14-20(26)25-10-3-5-17(25)12-22/h2,4,6-8,17-18H,3,5,9-11,13-14H2,1H3. The summed E-state index contributed by atoms with van der Waals surface area (Å²) in [5.74, 6) is 0.862. The van der Waals surface area contributed by atoms with Gasteiger partial charge in [0.1, 0.15) is 23.4 Å². The number of aryl methyl sites for hydroxylation is 1. The molecule has 0 N–H and O–H groups in total. The van der Waals surface area contributed by atoms with Crippen LogP contribution >= 0.6 is 0 Å². The summed E-state index contributed by atoms with van der Waals surface area (Å²) in [5, 5.41) is 10.2. The maximum atomic E-state index is 12.5. The molecule has 0 radical (unpaired) electrons. The highest BCUT2D eigenvalue weighted by Crippen LogP contribution is 2.27. The molecule has 1 aromatic carbocycles. The number of carbonyl (C=O) groups excluding carboxylic acids is 1. The van der Waals surface area contributed by atoms with Gasteiger partial charge in [0, 0.05) is 30.7 Å². The Bertz CT molecular complexity index is 891. The Morgan fingerprint density at radius 1 is 1.30 bits per heavy atom. The smallest absolute Gasteiger partial charge is 0.237 e. The van der Waals surface area contributed by atoms with Crippen molar-refractivity contribution >= 4 is 16.8 Å². The minimum atomic E-state index is -0.253. The number of amides is 1. The largest absolute Gasteiger partial charge is 0.487 e. The molecule has 1 aromatic heterocycles. The molecule has 6 heteroatoms. The van der Waals surface area contributed by atoms with Crippen molar-refractivity contribution in [3.8, 4) is 11.8 Å². The van der Waals surface area contributed by atoms with Gasteiger partial charge in [-0.05, 0) is 38.3 Å². The minimum absolute atomic E-state index is 0.0519. The second kappa shape index (κ2) is 7.53. The lowest BCUT2D eigenvalue weighted by molar-refractivity contribution is -0.132. The van der Waals surface area contributed by atoms with Crippen LogP contribution in [0.5, 0.6) is 5.75 Å². The summed E-state index contributed by atoms with van der Waals surface area (Å²) in [6.07, 6.45) is 2.65. The Hall–Kier alpha value is -2.65. The van der Waals surface area contributed by atoms with E-state index in [0.717, 1.165) is 54.7 Å². The maximum Gasteiger partial charge on any atom is 0.237 e. The fourth-order valence-corrected chi connectivity index (χ4v) is 4.01. The van der Waals surface area contributed by atoms with Gasteiger partial charge in [0.05, 0.1) is 12.6 Å². The predicted octanol–water partition coefficient (Wildman–Crippen LogP) is 2.51. The first-order valence-electron chi connectivity index (χ1n) is 9.58. The first-order chi connectivity index (χ1) is 13.1. The van der Waals surface area contributed by atoms with Gasteiger partial charge in [-0.2, -0.15) is 5.26 Å². The van der Waals surface area contributed by atoms with Gasteiger partial charge in [0.2, 0.25) is 5.91 Å². The zero-order valence-electron chi connectivity index (χ0n) is 15.6. The molecule has 0 bridgehead atoms. The molecule has 6 nitrogen and oxygen atoms in total. The highest BCUT2D eigenvalue weighted by molar-refractivity contribution is 5.84. The third-order valence-corrected chi connectivity index (χ3v) is 5.43. The average molecular weight is 364 g/mol. The minimum Gasteiger partial charge on any atom is -0.487 e. The lowest BCUT2D eigenvalue weighted by atomic mass is 10.2. The Labute approximate surface area is 159 Å². The van der Waals surface area contributed by atoms with E-state index in [-0.39, 0.29) is 18.1 Å². The quantitative estimate of drug-likeness (QED) is 0.834. The van der Waals surface area contributed by atoms with Gasteiger partial charge in [0.25, 0.3) is 0 Å². The molecule has 2 saturated heterocycles. The lowest BCUT2D eigenvalue weighted by Gasteiger charge is -2.23. The number of pyridine rings is 1. The van der Waals surface area contributed by atoms with Crippen LogP contribution in [0.3, 0.4) is 0 Å². The van der Waals surface area contributed by atoms with Crippen molar-refractivity contribution in [3.05, 3.63) is 36.0 Å². The maximum absolute atomic E-state index is 12.5. The summed E-state index contributed by atoms with van der Waals surface area (Å²) >= 11 is 0. The Morgan fingerprint density at radius 3 is 3.04 bits per heavy atom. The van der Waals surface area contributed by atoms with E-state index in [2.05, 4.69) is 22.0 Å². The summed E-state index contributed by atoms with van der Waals surface area (Å²) < 4.78 is 6.24. The highest BCUT2D eigenvalue weighted by Gasteiger charge is 2.32. The number of likely N-dealkylation sites (tertiary alicyclic amines) is 2. The van der Waals surface area contributed by atoms with Crippen LogP contribution in [0.2, 0.25) is 0 Å². The molecule has 1 amide bonds. The summed E-state index contributed by atoms with van der Waals surface area (Å²) in [7, 11) is 0. The molecule has 2 aliphatic heterocycles. The molecule has 2 aliphatic rings. The van der Waals surface area contributed by atoms with E-state index >= 15 is 0 Å². The summed E-state index contributed by atoms with van der Waals surface area (Å²) in [5.41, 5.74) is 1.86. The van der Waals surface area contributed by atoms with E-state index in [1.165, 1.54) is 0 Å². The Kier molecular flexibility index (Phi) is 4.95. The topological polar surface area (TPSA) is 69.5 Å². The number of hydrogen-bond acceptors (Lipinski definition) is 5. The van der Waals surface area contributed by atoms with Crippen LogP contribution in [-0.2, 0) is 4.79 Å². The molecule has 0 spiro atoms. The van der Waals surface area contributed by atoms with Crippen LogP contribution in [0.4, 0.5) is 0 Å². The predicted molar refractivity (Wildman–Crippen MR) is 102 cm³/mol. The number of rotatable bonds is 4. The van der Waals surface area contributed by atoms with Gasteiger partial charge in [-0.15, -0.1) is 0 Å².